The second-order valence-electron chi connectivity index (χ2n) is 5.67. The molecule has 23 heavy (non-hydrogen) atoms. The summed E-state index contributed by atoms with van der Waals surface area (Å²) in [6.45, 7) is 7.80. The molecule has 4 heteroatoms. The summed E-state index contributed by atoms with van der Waals surface area (Å²) in [5, 5.41) is 6.95. The Bertz CT molecular complexity index is 695. The van der Waals surface area contributed by atoms with Crippen molar-refractivity contribution in [2.24, 2.45) is 5.18 Å². The van der Waals surface area contributed by atoms with Crippen LogP contribution in [0.3, 0.4) is 0 Å². The van der Waals surface area contributed by atoms with Gasteiger partial charge < -0.3 is 5.32 Å². The molecule has 0 radical (unpaired) electrons. The third-order valence-corrected chi connectivity index (χ3v) is 3.97. The fraction of sp³-hybridized carbons (Fsp3) is 0.263. The van der Waals surface area contributed by atoms with Crippen molar-refractivity contribution in [1.29, 1.82) is 0 Å². The molecular weight excluding hydrogens is 308 g/mol. The Morgan fingerprint density at radius 3 is 2.43 bits per heavy atom. The van der Waals surface area contributed by atoms with E-state index in [2.05, 4.69) is 24.0 Å². The van der Waals surface area contributed by atoms with Gasteiger partial charge in [0.25, 0.3) is 0 Å². The highest BCUT2D eigenvalue weighted by Gasteiger charge is 2.15. The predicted molar refractivity (Wildman–Crippen MR) is 98.5 cm³/mol. The number of nitroso groups, excluding NO2 is 1. The summed E-state index contributed by atoms with van der Waals surface area (Å²) < 4.78 is 0. The van der Waals surface area contributed by atoms with Crippen molar-refractivity contribution in [3.05, 3.63) is 75.8 Å². The number of nitrogens with zero attached hydrogens (tertiary/aromatic N) is 1. The van der Waals surface area contributed by atoms with E-state index in [1.165, 1.54) is 5.56 Å². The molecule has 0 amide bonds. The average Bonchev–Trinajstić information content (AvgIpc) is 2.54. The number of nitrogens with one attached hydrogen (secondary N) is 1. The van der Waals surface area contributed by atoms with E-state index in [4.69, 9.17) is 11.6 Å². The maximum atomic E-state index is 11.2. The lowest BCUT2D eigenvalue weighted by atomic mass is 9.87. The molecule has 2 rings (SSSR count). The molecule has 3 nitrogen and oxygen atoms in total. The van der Waals surface area contributed by atoms with Crippen LogP contribution in [0.2, 0.25) is 5.02 Å². The van der Waals surface area contributed by atoms with Crippen LogP contribution in [0, 0.1) is 4.91 Å². The van der Waals surface area contributed by atoms with Gasteiger partial charge in [-0.1, -0.05) is 49.7 Å². The van der Waals surface area contributed by atoms with Crippen molar-refractivity contribution in [2.45, 2.75) is 32.6 Å². The fourth-order valence-electron chi connectivity index (χ4n) is 2.69. The summed E-state index contributed by atoms with van der Waals surface area (Å²) in [6.07, 6.45) is 2.04. The standard InChI is InChI=1S/C19H21ClN2O/c1-4-5-17(14-6-9-16(20)10-7-14)15-8-11-18(21-13(2)3)19(12-15)22-23/h6-12,17,21H,2,4-5H2,1,3H3. The van der Waals surface area contributed by atoms with Gasteiger partial charge in [0.2, 0.25) is 0 Å². The third kappa shape index (κ3) is 4.42. The first kappa shape index (κ1) is 17.2. The van der Waals surface area contributed by atoms with Crippen molar-refractivity contribution < 1.29 is 0 Å². The number of hydrogen-bond donors (Lipinski definition) is 1. The molecule has 2 aromatic rings. The molecular formula is C19H21ClN2O. The summed E-state index contributed by atoms with van der Waals surface area (Å²) >= 11 is 5.98. The van der Waals surface area contributed by atoms with E-state index in [0.29, 0.717) is 11.4 Å². The fourth-order valence-corrected chi connectivity index (χ4v) is 2.81. The van der Waals surface area contributed by atoms with E-state index in [0.717, 1.165) is 29.1 Å². The second-order valence-corrected chi connectivity index (χ2v) is 6.10. The smallest absolute Gasteiger partial charge is 0.131 e. The van der Waals surface area contributed by atoms with E-state index < -0.39 is 0 Å². The van der Waals surface area contributed by atoms with Gasteiger partial charge in [-0.15, -0.1) is 4.91 Å². The van der Waals surface area contributed by atoms with Crippen LogP contribution in [-0.2, 0) is 0 Å². The molecule has 0 aliphatic heterocycles. The topological polar surface area (TPSA) is 41.5 Å². The summed E-state index contributed by atoms with van der Waals surface area (Å²) in [5.41, 5.74) is 4.12. The maximum absolute atomic E-state index is 11.2. The number of hydrogen-bond acceptors (Lipinski definition) is 3. The Morgan fingerprint density at radius 1 is 1.22 bits per heavy atom. The van der Waals surface area contributed by atoms with Crippen LogP contribution >= 0.6 is 11.6 Å². The first-order valence-corrected chi connectivity index (χ1v) is 8.08. The van der Waals surface area contributed by atoms with Crippen LogP contribution in [0.4, 0.5) is 11.4 Å². The van der Waals surface area contributed by atoms with Gasteiger partial charge in [-0.3, -0.25) is 0 Å². The van der Waals surface area contributed by atoms with Crippen molar-refractivity contribution in [3.63, 3.8) is 0 Å². The minimum Gasteiger partial charge on any atom is -0.358 e. The Labute approximate surface area is 142 Å². The molecule has 0 saturated carbocycles. The molecule has 1 N–H and O–H groups in total. The molecule has 0 aliphatic rings. The molecule has 0 bridgehead atoms. The van der Waals surface area contributed by atoms with Crippen molar-refractivity contribution in [1.82, 2.24) is 0 Å². The monoisotopic (exact) mass is 328 g/mol. The van der Waals surface area contributed by atoms with Gasteiger partial charge in [-0.25, -0.2) is 0 Å². The molecule has 1 atom stereocenters. The van der Waals surface area contributed by atoms with Crippen LogP contribution in [0.5, 0.6) is 0 Å². The van der Waals surface area contributed by atoms with Crippen LogP contribution in [0.1, 0.15) is 43.7 Å². The lowest BCUT2D eigenvalue weighted by Gasteiger charge is -2.19. The van der Waals surface area contributed by atoms with E-state index in [-0.39, 0.29) is 5.92 Å². The minimum absolute atomic E-state index is 0.219. The minimum atomic E-state index is 0.219. The zero-order valence-electron chi connectivity index (χ0n) is 13.5. The second kappa shape index (κ2) is 7.93. The third-order valence-electron chi connectivity index (χ3n) is 3.72. The van der Waals surface area contributed by atoms with Gasteiger partial charge in [0.15, 0.2) is 0 Å². The van der Waals surface area contributed by atoms with Gasteiger partial charge in [0.05, 0.1) is 5.69 Å². The maximum Gasteiger partial charge on any atom is 0.131 e. The number of rotatable bonds is 7. The molecule has 120 valence electrons. The van der Waals surface area contributed by atoms with E-state index in [1.807, 2.05) is 49.4 Å². The highest BCUT2D eigenvalue weighted by atomic mass is 35.5. The summed E-state index contributed by atoms with van der Waals surface area (Å²) in [7, 11) is 0. The lowest BCUT2D eigenvalue weighted by molar-refractivity contribution is 0.698. The predicted octanol–water partition coefficient (Wildman–Crippen LogP) is 6.62. The summed E-state index contributed by atoms with van der Waals surface area (Å²) in [4.78, 5) is 11.2. The molecule has 0 aliphatic carbocycles. The molecule has 0 aromatic heterocycles. The van der Waals surface area contributed by atoms with Crippen LogP contribution in [0.15, 0.2) is 59.9 Å². The van der Waals surface area contributed by atoms with Crippen molar-refractivity contribution >= 4 is 23.0 Å². The van der Waals surface area contributed by atoms with Crippen LogP contribution in [0.25, 0.3) is 0 Å². The Hall–Kier alpha value is -2.13. The molecule has 2 aromatic carbocycles. The number of allylic oxidation sites excluding steroid dienone is 1. The molecule has 1 unspecified atom stereocenters. The number of anilines is 1. The van der Waals surface area contributed by atoms with E-state index >= 15 is 0 Å². The summed E-state index contributed by atoms with van der Waals surface area (Å²) in [6, 6.07) is 13.7. The first-order chi connectivity index (χ1) is 11.0. The summed E-state index contributed by atoms with van der Waals surface area (Å²) in [5.74, 6) is 0.219. The van der Waals surface area contributed by atoms with Crippen LogP contribution in [-0.4, -0.2) is 0 Å². The zero-order valence-corrected chi connectivity index (χ0v) is 14.2. The Kier molecular flexibility index (Phi) is 5.94. The lowest BCUT2D eigenvalue weighted by Crippen LogP contribution is -2.02. The average molecular weight is 329 g/mol. The highest BCUT2D eigenvalue weighted by molar-refractivity contribution is 6.30. The quantitative estimate of drug-likeness (QED) is 0.580. The Morgan fingerprint density at radius 2 is 1.87 bits per heavy atom. The normalized spacial score (nSPS) is 11.8. The largest absolute Gasteiger partial charge is 0.358 e. The SMILES string of the molecule is C=C(C)Nc1ccc(C(CCC)c2ccc(Cl)cc2)cc1N=O. The van der Waals surface area contributed by atoms with Gasteiger partial charge in [-0.05, 0) is 53.9 Å². The van der Waals surface area contributed by atoms with Gasteiger partial charge in [-0.2, -0.15) is 0 Å². The van der Waals surface area contributed by atoms with Gasteiger partial charge >= 0.3 is 0 Å². The number of halogens is 1. The zero-order chi connectivity index (χ0) is 16.8. The first-order valence-electron chi connectivity index (χ1n) is 7.70. The number of benzene rings is 2. The molecule has 0 saturated heterocycles. The van der Waals surface area contributed by atoms with Crippen molar-refractivity contribution in [2.75, 3.05) is 5.32 Å². The van der Waals surface area contributed by atoms with Crippen molar-refractivity contribution in [3.8, 4) is 0 Å². The Balaban J connectivity index is 2.41. The van der Waals surface area contributed by atoms with Gasteiger partial charge in [0, 0.05) is 16.6 Å². The van der Waals surface area contributed by atoms with Gasteiger partial charge in [0.1, 0.15) is 5.69 Å². The molecule has 0 spiro atoms. The van der Waals surface area contributed by atoms with E-state index in [1.54, 1.807) is 0 Å². The molecule has 0 fully saturated rings. The highest BCUT2D eigenvalue weighted by Crippen LogP contribution is 2.35. The van der Waals surface area contributed by atoms with E-state index in [9.17, 15) is 4.91 Å². The van der Waals surface area contributed by atoms with Crippen LogP contribution < -0.4 is 5.32 Å². The molecule has 0 heterocycles.